The fourth-order valence-electron chi connectivity index (χ4n) is 1.40. The molecule has 0 aliphatic heterocycles. The summed E-state index contributed by atoms with van der Waals surface area (Å²) < 4.78 is 1.88. The second kappa shape index (κ2) is 4.40. The topological polar surface area (TPSA) is 43.6 Å². The lowest BCUT2D eigenvalue weighted by atomic mass is 10.2. The van der Waals surface area contributed by atoms with Crippen molar-refractivity contribution in [1.29, 1.82) is 0 Å². The minimum absolute atomic E-state index is 0.441. The lowest BCUT2D eigenvalue weighted by molar-refractivity contribution is 0.672. The number of pyridine rings is 1. The highest BCUT2D eigenvalue weighted by Gasteiger charge is 2.05. The maximum absolute atomic E-state index is 5.89. The van der Waals surface area contributed by atoms with E-state index in [9.17, 15) is 0 Å². The van der Waals surface area contributed by atoms with E-state index in [1.165, 1.54) is 5.56 Å². The van der Waals surface area contributed by atoms with Crippen LogP contribution >= 0.6 is 11.6 Å². The average molecular weight is 223 g/mol. The van der Waals surface area contributed by atoms with Crippen LogP contribution in [-0.4, -0.2) is 19.7 Å². The van der Waals surface area contributed by atoms with E-state index >= 15 is 0 Å². The smallest absolute Gasteiger partial charge is 0.225 e. The highest BCUT2D eigenvalue weighted by Crippen LogP contribution is 2.09. The van der Waals surface area contributed by atoms with Crippen molar-refractivity contribution in [3.05, 3.63) is 41.2 Å². The normalized spacial score (nSPS) is 10.5. The predicted molar refractivity (Wildman–Crippen MR) is 57.7 cm³/mol. The van der Waals surface area contributed by atoms with Crippen molar-refractivity contribution in [3.8, 4) is 0 Å². The molecule has 78 valence electrons. The largest absolute Gasteiger partial charge is 0.302 e. The zero-order valence-electron chi connectivity index (χ0n) is 8.39. The summed E-state index contributed by atoms with van der Waals surface area (Å²) in [6.07, 6.45) is 4.50. The molecule has 0 saturated carbocycles. The number of hydrogen-bond donors (Lipinski definition) is 0. The summed E-state index contributed by atoms with van der Waals surface area (Å²) in [5, 5.41) is 8.13. The first-order valence-corrected chi connectivity index (χ1v) is 5.09. The third-order valence-electron chi connectivity index (χ3n) is 2.24. The lowest BCUT2D eigenvalue weighted by Gasteiger charge is -2.04. The molecule has 0 bridgehead atoms. The SMILES string of the molecule is Cc1nnc(Cl)n1CCc1cccnc1. The van der Waals surface area contributed by atoms with Crippen molar-refractivity contribution < 1.29 is 0 Å². The monoisotopic (exact) mass is 222 g/mol. The Morgan fingerprint density at radius 1 is 1.40 bits per heavy atom. The average Bonchev–Trinajstić information content (AvgIpc) is 2.58. The fourth-order valence-corrected chi connectivity index (χ4v) is 1.64. The van der Waals surface area contributed by atoms with Crippen LogP contribution in [0.5, 0.6) is 0 Å². The summed E-state index contributed by atoms with van der Waals surface area (Å²) in [5.74, 6) is 0.837. The van der Waals surface area contributed by atoms with Gasteiger partial charge in [0.2, 0.25) is 5.28 Å². The number of aryl methyl sites for hydroxylation is 2. The van der Waals surface area contributed by atoms with Gasteiger partial charge >= 0.3 is 0 Å². The third-order valence-corrected chi connectivity index (χ3v) is 2.52. The van der Waals surface area contributed by atoms with E-state index < -0.39 is 0 Å². The predicted octanol–water partition coefficient (Wildman–Crippen LogP) is 1.88. The van der Waals surface area contributed by atoms with Gasteiger partial charge in [-0.05, 0) is 36.6 Å². The van der Waals surface area contributed by atoms with Crippen molar-refractivity contribution >= 4 is 11.6 Å². The third kappa shape index (κ3) is 2.33. The molecule has 0 spiro atoms. The molecule has 2 heterocycles. The number of rotatable bonds is 3. The Morgan fingerprint density at radius 2 is 2.27 bits per heavy atom. The van der Waals surface area contributed by atoms with E-state index in [0.717, 1.165) is 18.8 Å². The molecule has 0 fully saturated rings. The molecule has 0 amide bonds. The Morgan fingerprint density at radius 3 is 2.87 bits per heavy atom. The van der Waals surface area contributed by atoms with Crippen LogP contribution < -0.4 is 0 Å². The molecule has 0 N–H and O–H groups in total. The molecule has 2 aromatic heterocycles. The van der Waals surface area contributed by atoms with Crippen molar-refractivity contribution in [3.63, 3.8) is 0 Å². The lowest BCUT2D eigenvalue weighted by Crippen LogP contribution is -2.03. The summed E-state index contributed by atoms with van der Waals surface area (Å²) >= 11 is 5.89. The Kier molecular flexibility index (Phi) is 2.97. The Bertz CT molecular complexity index is 418. The molecule has 2 aromatic rings. The van der Waals surface area contributed by atoms with Crippen LogP contribution in [-0.2, 0) is 13.0 Å². The van der Waals surface area contributed by atoms with Gasteiger partial charge in [-0.25, -0.2) is 0 Å². The van der Waals surface area contributed by atoms with Crippen LogP contribution in [0.1, 0.15) is 11.4 Å². The Balaban J connectivity index is 2.05. The Labute approximate surface area is 92.9 Å². The van der Waals surface area contributed by atoms with Gasteiger partial charge in [0.15, 0.2) is 0 Å². The summed E-state index contributed by atoms with van der Waals surface area (Å²) in [6, 6.07) is 3.97. The van der Waals surface area contributed by atoms with Gasteiger partial charge in [-0.1, -0.05) is 6.07 Å². The quantitative estimate of drug-likeness (QED) is 0.797. The van der Waals surface area contributed by atoms with Crippen LogP contribution in [0.4, 0.5) is 0 Å². The number of hydrogen-bond acceptors (Lipinski definition) is 3. The number of aromatic nitrogens is 4. The van der Waals surface area contributed by atoms with Crippen LogP contribution in [0.15, 0.2) is 24.5 Å². The molecular formula is C10H11ClN4. The number of nitrogens with zero attached hydrogens (tertiary/aromatic N) is 4. The van der Waals surface area contributed by atoms with Crippen molar-refractivity contribution in [2.24, 2.45) is 0 Å². The van der Waals surface area contributed by atoms with Crippen LogP contribution in [0.25, 0.3) is 0 Å². The van der Waals surface area contributed by atoms with Gasteiger partial charge < -0.3 is 4.57 Å². The van der Waals surface area contributed by atoms with E-state index in [1.54, 1.807) is 6.20 Å². The van der Waals surface area contributed by atoms with Crippen molar-refractivity contribution in [1.82, 2.24) is 19.7 Å². The van der Waals surface area contributed by atoms with Gasteiger partial charge in [-0.15, -0.1) is 10.2 Å². The number of halogens is 1. The molecule has 0 aromatic carbocycles. The van der Waals surface area contributed by atoms with E-state index in [4.69, 9.17) is 11.6 Å². The van der Waals surface area contributed by atoms with Crippen molar-refractivity contribution in [2.45, 2.75) is 19.9 Å². The molecule has 5 heteroatoms. The summed E-state index contributed by atoms with van der Waals surface area (Å²) in [6.45, 7) is 2.67. The van der Waals surface area contributed by atoms with Gasteiger partial charge in [0.05, 0.1) is 0 Å². The first-order chi connectivity index (χ1) is 7.27. The summed E-state index contributed by atoms with van der Waals surface area (Å²) in [7, 11) is 0. The van der Waals surface area contributed by atoms with E-state index in [2.05, 4.69) is 15.2 Å². The van der Waals surface area contributed by atoms with E-state index in [-0.39, 0.29) is 0 Å². The van der Waals surface area contributed by atoms with Crippen molar-refractivity contribution in [2.75, 3.05) is 0 Å². The maximum Gasteiger partial charge on any atom is 0.225 e. The van der Waals surface area contributed by atoms with E-state index in [0.29, 0.717) is 5.28 Å². The minimum Gasteiger partial charge on any atom is -0.302 e. The van der Waals surface area contributed by atoms with Gasteiger partial charge in [0, 0.05) is 18.9 Å². The second-order valence-corrected chi connectivity index (χ2v) is 3.62. The molecule has 0 aliphatic carbocycles. The second-order valence-electron chi connectivity index (χ2n) is 3.28. The highest BCUT2D eigenvalue weighted by molar-refractivity contribution is 6.28. The zero-order chi connectivity index (χ0) is 10.7. The van der Waals surface area contributed by atoms with E-state index in [1.807, 2.05) is 29.8 Å². The fraction of sp³-hybridized carbons (Fsp3) is 0.300. The molecule has 15 heavy (non-hydrogen) atoms. The molecule has 2 rings (SSSR count). The minimum atomic E-state index is 0.441. The first-order valence-electron chi connectivity index (χ1n) is 4.71. The Hall–Kier alpha value is -1.42. The van der Waals surface area contributed by atoms with Gasteiger partial charge in [-0.2, -0.15) is 0 Å². The molecule has 0 unspecified atom stereocenters. The molecule has 0 saturated heterocycles. The summed E-state index contributed by atoms with van der Waals surface area (Å²) in [4.78, 5) is 4.06. The summed E-state index contributed by atoms with van der Waals surface area (Å²) in [5.41, 5.74) is 1.18. The highest BCUT2D eigenvalue weighted by atomic mass is 35.5. The molecule has 0 aliphatic rings. The van der Waals surface area contributed by atoms with Crippen LogP contribution in [0, 0.1) is 6.92 Å². The van der Waals surface area contributed by atoms with Crippen LogP contribution in [0.2, 0.25) is 5.28 Å². The van der Waals surface area contributed by atoms with Crippen LogP contribution in [0.3, 0.4) is 0 Å². The first kappa shape index (κ1) is 10.1. The molecule has 0 radical (unpaired) electrons. The molecule has 0 atom stereocenters. The zero-order valence-corrected chi connectivity index (χ0v) is 9.15. The molecular weight excluding hydrogens is 212 g/mol. The maximum atomic E-state index is 5.89. The van der Waals surface area contributed by atoms with Gasteiger partial charge in [0.25, 0.3) is 0 Å². The van der Waals surface area contributed by atoms with Gasteiger partial charge in [0.1, 0.15) is 5.82 Å². The standard InChI is InChI=1S/C10H11ClN4/c1-8-13-14-10(11)15(8)6-4-9-3-2-5-12-7-9/h2-3,5,7H,4,6H2,1H3. The van der Waals surface area contributed by atoms with Gasteiger partial charge in [-0.3, -0.25) is 4.98 Å². The molecule has 4 nitrogen and oxygen atoms in total.